The van der Waals surface area contributed by atoms with Crippen LogP contribution in [0, 0.1) is 27.7 Å². The SMILES string of the molecule is COc1cccc2c(C)cc(-n3nc(C)cc3NC(=O)COc3ccc(C)cc3C)nc12. The van der Waals surface area contributed by atoms with Crippen LogP contribution in [0.5, 0.6) is 11.5 Å². The summed E-state index contributed by atoms with van der Waals surface area (Å²) in [6.07, 6.45) is 0. The summed E-state index contributed by atoms with van der Waals surface area (Å²) in [6, 6.07) is 15.4. The molecule has 2 aromatic heterocycles. The molecular weight excluding hydrogens is 404 g/mol. The molecule has 32 heavy (non-hydrogen) atoms. The van der Waals surface area contributed by atoms with Crippen molar-refractivity contribution in [1.82, 2.24) is 14.8 Å². The second kappa shape index (κ2) is 8.70. The van der Waals surface area contributed by atoms with E-state index >= 15 is 0 Å². The third-order valence-electron chi connectivity index (χ3n) is 5.22. The number of methoxy groups -OCH3 is 1. The van der Waals surface area contributed by atoms with Crippen LogP contribution in [-0.4, -0.2) is 34.4 Å². The number of nitrogens with one attached hydrogen (secondary N) is 1. The van der Waals surface area contributed by atoms with Crippen LogP contribution in [0.2, 0.25) is 0 Å². The number of fused-ring (bicyclic) bond motifs is 1. The van der Waals surface area contributed by atoms with Gasteiger partial charge in [-0.1, -0.05) is 29.8 Å². The number of pyridine rings is 1. The molecule has 4 rings (SSSR count). The first-order valence-corrected chi connectivity index (χ1v) is 10.4. The van der Waals surface area contributed by atoms with Gasteiger partial charge in [-0.2, -0.15) is 9.78 Å². The van der Waals surface area contributed by atoms with Crippen LogP contribution in [0.3, 0.4) is 0 Å². The van der Waals surface area contributed by atoms with Gasteiger partial charge in [-0.15, -0.1) is 0 Å². The van der Waals surface area contributed by atoms with E-state index in [0.717, 1.165) is 33.3 Å². The van der Waals surface area contributed by atoms with Crippen LogP contribution in [0.25, 0.3) is 16.7 Å². The van der Waals surface area contributed by atoms with Gasteiger partial charge in [0.1, 0.15) is 22.8 Å². The van der Waals surface area contributed by atoms with Gasteiger partial charge in [0.25, 0.3) is 5.91 Å². The maximum absolute atomic E-state index is 12.6. The fraction of sp³-hybridized carbons (Fsp3) is 0.240. The van der Waals surface area contributed by atoms with Crippen molar-refractivity contribution in [2.75, 3.05) is 19.0 Å². The molecule has 0 saturated heterocycles. The lowest BCUT2D eigenvalue weighted by Crippen LogP contribution is -2.22. The number of carbonyl (C=O) groups excluding carboxylic acids is 1. The molecule has 1 amide bonds. The molecule has 0 aliphatic carbocycles. The Morgan fingerprint density at radius 3 is 2.56 bits per heavy atom. The Morgan fingerprint density at radius 2 is 1.81 bits per heavy atom. The minimum Gasteiger partial charge on any atom is -0.494 e. The lowest BCUT2D eigenvalue weighted by Gasteiger charge is -2.13. The molecule has 4 aromatic rings. The Labute approximate surface area is 187 Å². The first kappa shape index (κ1) is 21.4. The van der Waals surface area contributed by atoms with Crippen LogP contribution >= 0.6 is 0 Å². The van der Waals surface area contributed by atoms with Gasteiger partial charge in [0.05, 0.1) is 12.8 Å². The number of aromatic nitrogens is 3. The quantitative estimate of drug-likeness (QED) is 0.481. The van der Waals surface area contributed by atoms with Crippen molar-refractivity contribution >= 4 is 22.6 Å². The normalized spacial score (nSPS) is 10.9. The fourth-order valence-corrected chi connectivity index (χ4v) is 3.69. The third-order valence-corrected chi connectivity index (χ3v) is 5.22. The van der Waals surface area contributed by atoms with Crippen molar-refractivity contribution in [3.63, 3.8) is 0 Å². The molecular formula is C25H26N4O3. The van der Waals surface area contributed by atoms with Crippen LogP contribution in [0.15, 0.2) is 48.5 Å². The minimum absolute atomic E-state index is 0.105. The predicted molar refractivity (Wildman–Crippen MR) is 125 cm³/mol. The number of ether oxygens (including phenoxy) is 2. The van der Waals surface area contributed by atoms with E-state index in [1.807, 2.05) is 70.2 Å². The summed E-state index contributed by atoms with van der Waals surface area (Å²) < 4.78 is 12.8. The van der Waals surface area contributed by atoms with Crippen molar-refractivity contribution in [3.05, 3.63) is 70.9 Å². The molecule has 0 atom stereocenters. The molecule has 0 aliphatic rings. The molecule has 0 aliphatic heterocycles. The van der Waals surface area contributed by atoms with Gasteiger partial charge in [-0.25, -0.2) is 4.98 Å². The van der Waals surface area contributed by atoms with E-state index in [2.05, 4.69) is 10.4 Å². The number of anilines is 1. The van der Waals surface area contributed by atoms with Gasteiger partial charge in [-0.05, 0) is 57.0 Å². The van der Waals surface area contributed by atoms with Crippen molar-refractivity contribution in [2.45, 2.75) is 27.7 Å². The Hall–Kier alpha value is -3.87. The summed E-state index contributed by atoms with van der Waals surface area (Å²) in [4.78, 5) is 17.4. The minimum atomic E-state index is -0.277. The van der Waals surface area contributed by atoms with Gasteiger partial charge in [0.15, 0.2) is 12.4 Å². The van der Waals surface area contributed by atoms with Crippen LogP contribution in [0.1, 0.15) is 22.4 Å². The van der Waals surface area contributed by atoms with Crippen LogP contribution < -0.4 is 14.8 Å². The monoisotopic (exact) mass is 430 g/mol. The summed E-state index contributed by atoms with van der Waals surface area (Å²) in [6.45, 7) is 7.75. The Balaban J connectivity index is 1.60. The molecule has 0 unspecified atom stereocenters. The molecule has 7 heteroatoms. The standard InChI is InChI=1S/C25H26N4O3/c1-15-9-10-20(17(3)11-15)32-14-24(30)26-23-13-18(4)28-29(23)22-12-16(2)19-7-6-8-21(31-5)25(19)27-22/h6-13H,14H2,1-5H3,(H,26,30). The largest absolute Gasteiger partial charge is 0.494 e. The number of carbonyl (C=O) groups is 1. The summed E-state index contributed by atoms with van der Waals surface area (Å²) in [5.41, 5.74) is 4.67. The number of aryl methyl sites for hydroxylation is 4. The topological polar surface area (TPSA) is 78.3 Å². The molecule has 7 nitrogen and oxygen atoms in total. The number of rotatable bonds is 6. The van der Waals surface area contributed by atoms with Gasteiger partial charge in [-0.3, -0.25) is 4.79 Å². The van der Waals surface area contributed by atoms with Gasteiger partial charge >= 0.3 is 0 Å². The fourth-order valence-electron chi connectivity index (χ4n) is 3.69. The zero-order chi connectivity index (χ0) is 22.8. The summed E-state index contributed by atoms with van der Waals surface area (Å²) in [5, 5.41) is 8.43. The van der Waals surface area contributed by atoms with Crippen molar-refractivity contribution in [1.29, 1.82) is 0 Å². The lowest BCUT2D eigenvalue weighted by molar-refractivity contribution is -0.118. The molecule has 0 radical (unpaired) electrons. The molecule has 0 spiro atoms. The first-order chi connectivity index (χ1) is 15.4. The highest BCUT2D eigenvalue weighted by molar-refractivity contribution is 5.92. The number of amides is 1. The first-order valence-electron chi connectivity index (χ1n) is 10.4. The third kappa shape index (κ3) is 4.27. The molecule has 2 heterocycles. The van der Waals surface area contributed by atoms with E-state index in [9.17, 15) is 4.79 Å². The van der Waals surface area contributed by atoms with E-state index in [4.69, 9.17) is 14.5 Å². The highest BCUT2D eigenvalue weighted by Gasteiger charge is 2.15. The number of para-hydroxylation sites is 1. The Kier molecular flexibility index (Phi) is 5.81. The van der Waals surface area contributed by atoms with Crippen molar-refractivity contribution in [3.8, 4) is 17.3 Å². The maximum Gasteiger partial charge on any atom is 0.263 e. The Bertz CT molecular complexity index is 1310. The van der Waals surface area contributed by atoms with Gasteiger partial charge in [0, 0.05) is 11.5 Å². The van der Waals surface area contributed by atoms with Crippen molar-refractivity contribution < 1.29 is 14.3 Å². The zero-order valence-electron chi connectivity index (χ0n) is 18.9. The summed E-state index contributed by atoms with van der Waals surface area (Å²) in [5.74, 6) is 2.22. The number of hydrogen-bond donors (Lipinski definition) is 1. The molecule has 164 valence electrons. The van der Waals surface area contributed by atoms with E-state index in [-0.39, 0.29) is 12.5 Å². The number of benzene rings is 2. The molecule has 2 aromatic carbocycles. The van der Waals surface area contributed by atoms with Gasteiger partial charge < -0.3 is 14.8 Å². The molecule has 0 bridgehead atoms. The smallest absolute Gasteiger partial charge is 0.263 e. The number of nitrogens with zero attached hydrogens (tertiary/aromatic N) is 3. The van der Waals surface area contributed by atoms with Crippen LogP contribution in [-0.2, 0) is 4.79 Å². The molecule has 0 saturated carbocycles. The van der Waals surface area contributed by atoms with Crippen molar-refractivity contribution in [2.24, 2.45) is 0 Å². The zero-order valence-corrected chi connectivity index (χ0v) is 18.9. The van der Waals surface area contributed by atoms with E-state index in [1.54, 1.807) is 17.9 Å². The van der Waals surface area contributed by atoms with E-state index in [1.165, 1.54) is 0 Å². The predicted octanol–water partition coefficient (Wildman–Crippen LogP) is 4.68. The second-order valence-electron chi connectivity index (χ2n) is 7.84. The highest BCUT2D eigenvalue weighted by atomic mass is 16.5. The van der Waals surface area contributed by atoms with Crippen LogP contribution in [0.4, 0.5) is 5.82 Å². The summed E-state index contributed by atoms with van der Waals surface area (Å²) >= 11 is 0. The van der Waals surface area contributed by atoms with E-state index in [0.29, 0.717) is 23.1 Å². The van der Waals surface area contributed by atoms with Gasteiger partial charge in [0.2, 0.25) is 0 Å². The highest BCUT2D eigenvalue weighted by Crippen LogP contribution is 2.28. The van der Waals surface area contributed by atoms with E-state index < -0.39 is 0 Å². The second-order valence-corrected chi connectivity index (χ2v) is 7.84. The molecule has 0 fully saturated rings. The summed E-state index contributed by atoms with van der Waals surface area (Å²) in [7, 11) is 1.62. The lowest BCUT2D eigenvalue weighted by atomic mass is 10.1. The average Bonchev–Trinajstić information content (AvgIpc) is 3.12. The average molecular weight is 431 g/mol. The molecule has 1 N–H and O–H groups in total. The Morgan fingerprint density at radius 1 is 1.00 bits per heavy atom. The maximum atomic E-state index is 12.6. The number of hydrogen-bond acceptors (Lipinski definition) is 5.